The van der Waals surface area contributed by atoms with Crippen molar-refractivity contribution in [2.45, 2.75) is 13.1 Å². The van der Waals surface area contributed by atoms with Crippen LogP contribution in [0.1, 0.15) is 12.5 Å². The fourth-order valence-corrected chi connectivity index (χ4v) is 2.02. The summed E-state index contributed by atoms with van der Waals surface area (Å²) in [5.74, 6) is 0. The van der Waals surface area contributed by atoms with Gasteiger partial charge in [0.05, 0.1) is 0 Å². The molecule has 1 nitrogen and oxygen atoms in total. The van der Waals surface area contributed by atoms with Gasteiger partial charge in [0.25, 0.3) is 0 Å². The van der Waals surface area contributed by atoms with E-state index in [9.17, 15) is 0 Å². The van der Waals surface area contributed by atoms with Crippen LogP contribution in [0.3, 0.4) is 0 Å². The van der Waals surface area contributed by atoms with Crippen LogP contribution in [0, 0.1) is 0 Å². The van der Waals surface area contributed by atoms with Gasteiger partial charge in [0.2, 0.25) is 0 Å². The van der Waals surface area contributed by atoms with E-state index < -0.39 is 0 Å². The second-order valence-corrected chi connectivity index (χ2v) is 4.23. The molecule has 0 aliphatic heterocycles. The third-order valence-corrected chi connectivity index (χ3v) is 2.95. The molecule has 0 fully saturated rings. The molecule has 3 heteroatoms. The molecule has 0 saturated carbocycles. The molecular weight excluding hydrogens is 235 g/mol. The minimum Gasteiger partial charge on any atom is -0.362 e. The van der Waals surface area contributed by atoms with Gasteiger partial charge < -0.3 is 4.52 Å². The molecule has 1 unspecified atom stereocenters. The zero-order valence-electron chi connectivity index (χ0n) is 7.01. The van der Waals surface area contributed by atoms with E-state index in [1.54, 1.807) is 0 Å². The van der Waals surface area contributed by atoms with Gasteiger partial charge in [-0.05, 0) is 24.6 Å². The molecule has 0 aromatic heterocycles. The summed E-state index contributed by atoms with van der Waals surface area (Å²) in [6, 6.07) is 8.34. The highest BCUT2D eigenvalue weighted by Crippen LogP contribution is 2.21. The quantitative estimate of drug-likeness (QED) is 0.583. The minimum absolute atomic E-state index is 0.585. The highest BCUT2D eigenvalue weighted by atomic mass is 79.9. The molecule has 0 spiro atoms. The molecule has 1 rings (SSSR count). The fraction of sp³-hybridized carbons (Fsp3) is 0.333. The van der Waals surface area contributed by atoms with Gasteiger partial charge in [-0.1, -0.05) is 28.1 Å². The van der Waals surface area contributed by atoms with E-state index in [1.165, 1.54) is 5.56 Å². The molecule has 12 heavy (non-hydrogen) atoms. The maximum Gasteiger partial charge on any atom is 0.0477 e. The normalized spacial score (nSPS) is 11.2. The first-order chi connectivity index (χ1) is 5.83. The molecule has 0 saturated heterocycles. The maximum atomic E-state index is 5.29. The first-order valence-corrected chi connectivity index (χ1v) is 5.83. The zero-order chi connectivity index (χ0) is 8.81. The second-order valence-electron chi connectivity index (χ2n) is 2.38. The number of benzene rings is 1. The summed E-state index contributed by atoms with van der Waals surface area (Å²) in [6.45, 7) is 2.83. The van der Waals surface area contributed by atoms with Crippen molar-refractivity contribution >= 4 is 24.7 Å². The monoisotopic (exact) mass is 246 g/mol. The zero-order valence-corrected chi connectivity index (χ0v) is 9.60. The third kappa shape index (κ3) is 3.66. The summed E-state index contributed by atoms with van der Waals surface area (Å²) in [6.07, 6.45) is 1.02. The van der Waals surface area contributed by atoms with Gasteiger partial charge in [0.1, 0.15) is 0 Å². The summed E-state index contributed by atoms with van der Waals surface area (Å²) in [5, 5.41) is 0. The van der Waals surface area contributed by atoms with Crippen LogP contribution in [-0.2, 0) is 10.7 Å². The van der Waals surface area contributed by atoms with Crippen molar-refractivity contribution in [2.75, 3.05) is 6.61 Å². The number of hydrogen-bond donors (Lipinski definition) is 0. The molecule has 0 heterocycles. The Hall–Kier alpha value is 0.0900. The SMILES string of the molecule is CCOPCc1cccc(Br)c1. The van der Waals surface area contributed by atoms with Gasteiger partial charge in [-0.2, -0.15) is 0 Å². The van der Waals surface area contributed by atoms with Crippen LogP contribution in [0.25, 0.3) is 0 Å². The minimum atomic E-state index is 0.585. The van der Waals surface area contributed by atoms with Gasteiger partial charge >= 0.3 is 0 Å². The summed E-state index contributed by atoms with van der Waals surface area (Å²) in [7, 11) is 0.585. The largest absolute Gasteiger partial charge is 0.362 e. The lowest BCUT2D eigenvalue weighted by Gasteiger charge is -2.01. The van der Waals surface area contributed by atoms with Crippen molar-refractivity contribution in [1.29, 1.82) is 0 Å². The van der Waals surface area contributed by atoms with Crippen LogP contribution >= 0.6 is 24.7 Å². The molecule has 1 atom stereocenters. The van der Waals surface area contributed by atoms with Crippen molar-refractivity contribution in [2.24, 2.45) is 0 Å². The summed E-state index contributed by atoms with van der Waals surface area (Å²) >= 11 is 3.43. The van der Waals surface area contributed by atoms with Crippen LogP contribution < -0.4 is 0 Å². The average molecular weight is 247 g/mol. The molecule has 0 N–H and O–H groups in total. The Morgan fingerprint density at radius 1 is 1.50 bits per heavy atom. The van der Waals surface area contributed by atoms with E-state index in [1.807, 2.05) is 13.0 Å². The third-order valence-electron chi connectivity index (χ3n) is 1.41. The van der Waals surface area contributed by atoms with Gasteiger partial charge in [0, 0.05) is 26.0 Å². The predicted molar refractivity (Wildman–Crippen MR) is 57.8 cm³/mol. The van der Waals surface area contributed by atoms with E-state index in [0.717, 1.165) is 17.2 Å². The Morgan fingerprint density at radius 2 is 2.33 bits per heavy atom. The van der Waals surface area contributed by atoms with Gasteiger partial charge in [0.15, 0.2) is 0 Å². The topological polar surface area (TPSA) is 9.23 Å². The van der Waals surface area contributed by atoms with E-state index in [2.05, 4.69) is 34.1 Å². The summed E-state index contributed by atoms with van der Waals surface area (Å²) < 4.78 is 6.43. The smallest absolute Gasteiger partial charge is 0.0477 e. The van der Waals surface area contributed by atoms with E-state index in [-0.39, 0.29) is 0 Å². The Balaban J connectivity index is 2.41. The van der Waals surface area contributed by atoms with Gasteiger partial charge in [-0.15, -0.1) is 0 Å². The number of rotatable bonds is 4. The van der Waals surface area contributed by atoms with Crippen molar-refractivity contribution < 1.29 is 4.52 Å². The Kier molecular flexibility index (Phi) is 4.82. The Labute approximate surface area is 83.5 Å². The molecule has 0 radical (unpaired) electrons. The lowest BCUT2D eigenvalue weighted by atomic mass is 10.2. The van der Waals surface area contributed by atoms with E-state index >= 15 is 0 Å². The van der Waals surface area contributed by atoms with Crippen molar-refractivity contribution in [3.63, 3.8) is 0 Å². The Morgan fingerprint density at radius 3 is 3.00 bits per heavy atom. The van der Waals surface area contributed by atoms with Crippen molar-refractivity contribution in [3.05, 3.63) is 34.3 Å². The first-order valence-electron chi connectivity index (χ1n) is 3.92. The predicted octanol–water partition coefficient (Wildman–Crippen LogP) is 3.58. The molecular formula is C9H12BrOP. The highest BCUT2D eigenvalue weighted by Gasteiger charge is 1.93. The summed E-state index contributed by atoms with van der Waals surface area (Å²) in [4.78, 5) is 0. The number of hydrogen-bond acceptors (Lipinski definition) is 1. The fourth-order valence-electron chi connectivity index (χ4n) is 0.883. The molecule has 66 valence electrons. The molecule has 0 aliphatic carbocycles. The second kappa shape index (κ2) is 5.69. The standard InChI is InChI=1S/C9H12BrOP/c1-2-11-12-7-8-4-3-5-9(10)6-8/h3-6,12H,2,7H2,1H3. The molecule has 1 aromatic rings. The highest BCUT2D eigenvalue weighted by molar-refractivity contribution is 9.10. The van der Waals surface area contributed by atoms with Crippen molar-refractivity contribution in [3.8, 4) is 0 Å². The van der Waals surface area contributed by atoms with Crippen LogP contribution in [0.15, 0.2) is 28.7 Å². The lowest BCUT2D eigenvalue weighted by Crippen LogP contribution is -1.80. The van der Waals surface area contributed by atoms with Crippen LogP contribution in [0.4, 0.5) is 0 Å². The lowest BCUT2D eigenvalue weighted by molar-refractivity contribution is 0.389. The van der Waals surface area contributed by atoms with Crippen LogP contribution in [0.5, 0.6) is 0 Å². The van der Waals surface area contributed by atoms with Gasteiger partial charge in [-0.3, -0.25) is 0 Å². The number of halogens is 1. The molecule has 1 aromatic carbocycles. The molecule has 0 amide bonds. The van der Waals surface area contributed by atoms with Crippen LogP contribution in [0.2, 0.25) is 0 Å². The first kappa shape index (κ1) is 10.2. The van der Waals surface area contributed by atoms with Gasteiger partial charge in [-0.25, -0.2) is 0 Å². The Bertz CT molecular complexity index is 240. The maximum absolute atomic E-state index is 5.29. The van der Waals surface area contributed by atoms with E-state index in [0.29, 0.717) is 8.81 Å². The van der Waals surface area contributed by atoms with Crippen LogP contribution in [-0.4, -0.2) is 6.61 Å². The van der Waals surface area contributed by atoms with E-state index in [4.69, 9.17) is 4.52 Å². The average Bonchev–Trinajstić information content (AvgIpc) is 2.05. The molecule has 0 aliphatic rings. The molecule has 0 bridgehead atoms. The summed E-state index contributed by atoms with van der Waals surface area (Å²) in [5.41, 5.74) is 1.33. The van der Waals surface area contributed by atoms with Crippen molar-refractivity contribution in [1.82, 2.24) is 0 Å².